The van der Waals surface area contributed by atoms with Crippen molar-refractivity contribution in [3.8, 4) is 23.5 Å². The summed E-state index contributed by atoms with van der Waals surface area (Å²) >= 11 is 0. The van der Waals surface area contributed by atoms with Crippen molar-refractivity contribution in [3.63, 3.8) is 0 Å². The summed E-state index contributed by atoms with van der Waals surface area (Å²) < 4.78 is 107. The van der Waals surface area contributed by atoms with Crippen LogP contribution >= 0.6 is 7.52 Å². The van der Waals surface area contributed by atoms with Gasteiger partial charge in [-0.05, 0) is 104 Å². The van der Waals surface area contributed by atoms with Crippen LogP contribution < -0.4 is 31.9 Å². The molecule has 2 aliphatic heterocycles. The van der Waals surface area contributed by atoms with Gasteiger partial charge in [-0.15, -0.1) is 6.42 Å². The first kappa shape index (κ1) is 82.8. The fraction of sp³-hybridized carbons (Fsp3) is 0.548. The number of rotatable bonds is 49. The Bertz CT molecular complexity index is 3840. The number of pyridine rings is 2. The van der Waals surface area contributed by atoms with Gasteiger partial charge in [0.05, 0.1) is 194 Å². The van der Waals surface area contributed by atoms with Gasteiger partial charge in [-0.3, -0.25) is 23.7 Å². The van der Waals surface area contributed by atoms with E-state index in [1.807, 2.05) is 0 Å². The van der Waals surface area contributed by atoms with Gasteiger partial charge in [0.25, 0.3) is 11.5 Å². The van der Waals surface area contributed by atoms with Crippen LogP contribution in [-0.2, 0) is 117 Å². The number of fused-ring (bicyclic) bond motifs is 5. The summed E-state index contributed by atoms with van der Waals surface area (Å²) in [5.41, 5.74) is 4.93. The molecule has 3 aliphatic rings. The van der Waals surface area contributed by atoms with Gasteiger partial charge in [0.1, 0.15) is 31.1 Å². The van der Waals surface area contributed by atoms with E-state index in [1.165, 1.54) is 41.8 Å². The maximum absolute atomic E-state index is 15.5. The van der Waals surface area contributed by atoms with Crippen LogP contribution in [0.15, 0.2) is 65.5 Å². The molecule has 0 bridgehead atoms. The summed E-state index contributed by atoms with van der Waals surface area (Å²) in [6.07, 6.45) is 5.60. The van der Waals surface area contributed by atoms with E-state index in [-0.39, 0.29) is 75.9 Å². The molecule has 5 aromatic rings. The number of cyclic esters (lactones) is 1. The summed E-state index contributed by atoms with van der Waals surface area (Å²) in [6, 6.07) is 12.6. The van der Waals surface area contributed by atoms with Gasteiger partial charge in [0.15, 0.2) is 5.60 Å². The Morgan fingerprint density at radius 2 is 1.22 bits per heavy atom. The number of anilines is 2. The number of hydrogen-bond donors (Lipinski definition) is 7. The van der Waals surface area contributed by atoms with Crippen molar-refractivity contribution in [2.75, 3.05) is 169 Å². The first-order valence-electron chi connectivity index (χ1n) is 35.1. The molecule has 0 saturated heterocycles. The normalized spacial score (nSPS) is 16.1. The van der Waals surface area contributed by atoms with Gasteiger partial charge in [-0.2, -0.15) is 0 Å². The number of halogens is 1. The molecule has 2 aromatic heterocycles. The molecular formula is C73H97FN7O23P. The van der Waals surface area contributed by atoms with Crippen molar-refractivity contribution in [1.82, 2.24) is 25.5 Å². The van der Waals surface area contributed by atoms with Gasteiger partial charge in [0, 0.05) is 45.2 Å². The van der Waals surface area contributed by atoms with Crippen molar-refractivity contribution >= 4 is 59.6 Å². The predicted molar refractivity (Wildman–Crippen MR) is 381 cm³/mol. The van der Waals surface area contributed by atoms with Crippen LogP contribution in [0.5, 0.6) is 0 Å². The molecule has 0 radical (unpaired) electrons. The van der Waals surface area contributed by atoms with Gasteiger partial charge in [-0.1, -0.05) is 32.9 Å². The first-order valence-corrected chi connectivity index (χ1v) is 36.7. The second kappa shape index (κ2) is 42.5. The summed E-state index contributed by atoms with van der Waals surface area (Å²) in [4.78, 5) is 85.8. The number of aryl methyl sites for hydroxylation is 1. The molecule has 105 heavy (non-hydrogen) atoms. The highest BCUT2D eigenvalue weighted by molar-refractivity contribution is 7.65. The zero-order chi connectivity index (χ0) is 75.1. The summed E-state index contributed by atoms with van der Waals surface area (Å²) in [6.45, 7) is 16.5. The van der Waals surface area contributed by atoms with Crippen molar-refractivity contribution in [2.24, 2.45) is 5.92 Å². The number of aromatic nitrogens is 2. The number of nitrogens with zero attached hydrogens (tertiary/aromatic N) is 2. The number of benzene rings is 3. The molecule has 4 heterocycles. The molecule has 30 nitrogen and oxygen atoms in total. The molecule has 7 N–H and O–H groups in total. The standard InChI is InChI=1S/C73H97FN7O23P/c1-7-73(89)58-43-62-66-56(45-81(62)70(86)57(58)47-102-71(73)87)64-60(18-17-55-49(5)59(74)44-61(77-66)63(55)64)78-72(88)103-46-51-9-13-53(14-10-51)76-67(83)50(6)75-69(85)65(48(3)4)79-68(84)52-11-15-54(16-12-52)80-105(90,8-2)104-42-41-101-40-39-100-38-37-99-36-35-98-34-33-97-32-31-96-30-29-95-28-27-94-26-25-93-24-23-92-22-21-91-20-19-82/h2,9-16,43-44,48,50,60,65,82,89H,7,17-42,45-47H2,1,3-6H3,(H,75,85)(H,76,83)(H,78,88)(H,79,84)(H,80,90)/t50?,60?,65-,73?,105?/m0/s1. The van der Waals surface area contributed by atoms with Crippen LogP contribution in [0.2, 0.25) is 0 Å². The fourth-order valence-electron chi connectivity index (χ4n) is 11.7. The lowest BCUT2D eigenvalue weighted by Crippen LogP contribution is -2.53. The van der Waals surface area contributed by atoms with Crippen LogP contribution in [0.4, 0.5) is 20.6 Å². The lowest BCUT2D eigenvalue weighted by atomic mass is 9.81. The second-order valence-electron chi connectivity index (χ2n) is 24.9. The lowest BCUT2D eigenvalue weighted by Gasteiger charge is -2.31. The number of aliphatic hydroxyl groups is 2. The van der Waals surface area contributed by atoms with Crippen molar-refractivity contribution < 1.29 is 109 Å². The summed E-state index contributed by atoms with van der Waals surface area (Å²) in [7, 11) is -3.82. The van der Waals surface area contributed by atoms with Crippen molar-refractivity contribution in [1.29, 1.82) is 0 Å². The number of ether oxygens (including phenoxy) is 13. The van der Waals surface area contributed by atoms with E-state index >= 15 is 4.39 Å². The number of nitrogens with one attached hydrogen (secondary N) is 5. The molecule has 32 heteroatoms. The predicted octanol–water partition coefficient (Wildman–Crippen LogP) is 5.73. The minimum absolute atomic E-state index is 0.000463. The smallest absolute Gasteiger partial charge is 0.407 e. The van der Waals surface area contributed by atoms with E-state index in [0.29, 0.717) is 194 Å². The maximum atomic E-state index is 15.5. The topological polar surface area (TPSA) is 367 Å². The molecule has 4 amide bonds. The fourth-order valence-corrected chi connectivity index (χ4v) is 12.7. The quantitative estimate of drug-likeness (QED) is 0.0104. The maximum Gasteiger partial charge on any atom is 0.407 e. The number of esters is 1. The van der Waals surface area contributed by atoms with E-state index < -0.39 is 78.3 Å². The molecule has 5 atom stereocenters. The molecule has 8 rings (SSSR count). The van der Waals surface area contributed by atoms with Crippen LogP contribution in [-0.4, -0.2) is 220 Å². The molecule has 0 spiro atoms. The van der Waals surface area contributed by atoms with Gasteiger partial charge in [-0.25, -0.2) is 19.0 Å². The third-order valence-corrected chi connectivity index (χ3v) is 18.7. The van der Waals surface area contributed by atoms with Crippen molar-refractivity contribution in [3.05, 3.63) is 121 Å². The van der Waals surface area contributed by atoms with Gasteiger partial charge in [0.2, 0.25) is 11.8 Å². The molecular weight excluding hydrogens is 1390 g/mol. The first-order chi connectivity index (χ1) is 50.8. The Hall–Kier alpha value is -7.87. The molecule has 4 unspecified atom stereocenters. The Labute approximate surface area is 609 Å². The number of hydrogen-bond acceptors (Lipinski definition) is 24. The van der Waals surface area contributed by atoms with Crippen LogP contribution in [0, 0.1) is 30.7 Å². The average Bonchev–Trinajstić information content (AvgIpc) is 1.60. The zero-order valence-electron chi connectivity index (χ0n) is 60.1. The SMILES string of the molecule is C#CP(=O)(Nc1ccc(C(=O)N[C@H](C(=O)NC(C)C(=O)Nc2ccc(COC(=O)NC3CCc4c(C)c(F)cc5nc6c(c3c45)Cn3c-6cc4c(c3=O)COC(=O)C4(O)CC)cc2)C(C)C)cc1)OCCOCCOCCOCCOCCOCCOCCOCCOCCOCCOCCOCCO. The summed E-state index contributed by atoms with van der Waals surface area (Å²) in [5.74, 6) is -3.46. The minimum Gasteiger partial charge on any atom is -0.458 e. The molecule has 1 aliphatic carbocycles. The highest BCUT2D eigenvalue weighted by Crippen LogP contribution is 2.47. The molecule has 0 fully saturated rings. The number of aliphatic hydroxyl groups excluding tert-OH is 1. The van der Waals surface area contributed by atoms with Crippen LogP contribution in [0.1, 0.15) is 95.9 Å². The largest absolute Gasteiger partial charge is 0.458 e. The van der Waals surface area contributed by atoms with E-state index in [0.717, 1.165) is 5.56 Å². The Morgan fingerprint density at radius 1 is 0.705 bits per heavy atom. The summed E-state index contributed by atoms with van der Waals surface area (Å²) in [5, 5.41) is 34.6. The van der Waals surface area contributed by atoms with Crippen LogP contribution in [0.25, 0.3) is 22.3 Å². The molecule has 574 valence electrons. The van der Waals surface area contributed by atoms with E-state index in [4.69, 9.17) is 82.6 Å². The number of carbonyl (C=O) groups is 5. The average molecular weight is 1490 g/mol. The molecule has 3 aromatic carbocycles. The number of amides is 4. The minimum atomic E-state index is -3.82. The van der Waals surface area contributed by atoms with E-state index in [9.17, 15) is 38.4 Å². The zero-order valence-corrected chi connectivity index (χ0v) is 61.0. The van der Waals surface area contributed by atoms with E-state index in [2.05, 4.69) is 32.0 Å². The molecule has 0 saturated carbocycles. The Morgan fingerprint density at radius 3 is 1.72 bits per heavy atom. The number of carbonyl (C=O) groups excluding carboxylic acids is 5. The second-order valence-corrected chi connectivity index (χ2v) is 26.7. The van der Waals surface area contributed by atoms with Gasteiger partial charge < -0.3 is 107 Å². The Kier molecular flexibility index (Phi) is 33.5. The monoisotopic (exact) mass is 1490 g/mol. The third kappa shape index (κ3) is 24.1. The van der Waals surface area contributed by atoms with E-state index in [1.54, 1.807) is 58.0 Å². The van der Waals surface area contributed by atoms with Gasteiger partial charge >= 0.3 is 19.6 Å². The Balaban J connectivity index is 0.650. The number of terminal acetylenes is 1. The number of alkyl carbamates (subject to hydrolysis) is 1. The highest BCUT2D eigenvalue weighted by Gasteiger charge is 2.46. The van der Waals surface area contributed by atoms with Crippen LogP contribution in [0.3, 0.4) is 0 Å². The lowest BCUT2D eigenvalue weighted by molar-refractivity contribution is -0.172. The van der Waals surface area contributed by atoms with Crippen molar-refractivity contribution in [2.45, 2.75) is 97.4 Å². The third-order valence-electron chi connectivity index (χ3n) is 17.3. The highest BCUT2D eigenvalue weighted by atomic mass is 31.2.